The van der Waals surface area contributed by atoms with Crippen LogP contribution in [0.2, 0.25) is 0 Å². The zero-order chi connectivity index (χ0) is 18.1. The molecule has 0 radical (unpaired) electrons. The van der Waals surface area contributed by atoms with Gasteiger partial charge in [0.25, 0.3) is 5.91 Å². The van der Waals surface area contributed by atoms with E-state index in [0.717, 1.165) is 42.4 Å². The third-order valence-corrected chi connectivity index (χ3v) is 5.28. The minimum absolute atomic E-state index is 0.236. The second-order valence-electron chi connectivity index (χ2n) is 6.29. The van der Waals surface area contributed by atoms with Gasteiger partial charge < -0.3 is 19.2 Å². The topological polar surface area (TPSA) is 77.8 Å². The van der Waals surface area contributed by atoms with Gasteiger partial charge in [-0.15, -0.1) is 11.3 Å². The van der Waals surface area contributed by atoms with Crippen molar-refractivity contribution in [2.45, 2.75) is 25.7 Å². The van der Waals surface area contributed by atoms with Crippen LogP contribution in [0, 0.1) is 6.92 Å². The van der Waals surface area contributed by atoms with Gasteiger partial charge in [-0.3, -0.25) is 4.79 Å². The molecule has 0 aliphatic carbocycles. The van der Waals surface area contributed by atoms with E-state index >= 15 is 0 Å². The number of hydrogen-bond donors (Lipinski definition) is 1. The Bertz CT molecular complexity index is 943. The molecule has 1 N–H and O–H groups in total. The molecule has 1 aliphatic rings. The summed E-state index contributed by atoms with van der Waals surface area (Å²) in [5.74, 6) is 0.778. The summed E-state index contributed by atoms with van der Waals surface area (Å²) in [4.78, 5) is 21.3. The number of aromatic nitrogens is 3. The van der Waals surface area contributed by atoms with Crippen molar-refractivity contribution in [3.05, 3.63) is 40.2 Å². The third kappa shape index (κ3) is 3.30. The number of aryl methyl sites for hydroxylation is 1. The highest BCUT2D eigenvalue weighted by molar-refractivity contribution is 7.09. The molecular formula is C18H20N4O3S. The van der Waals surface area contributed by atoms with Crippen molar-refractivity contribution in [3.8, 4) is 5.75 Å². The molecule has 0 bridgehead atoms. The summed E-state index contributed by atoms with van der Waals surface area (Å²) >= 11 is 1.45. The van der Waals surface area contributed by atoms with E-state index in [0.29, 0.717) is 23.0 Å². The van der Waals surface area contributed by atoms with Crippen molar-refractivity contribution < 1.29 is 14.3 Å². The highest BCUT2D eigenvalue weighted by atomic mass is 32.1. The van der Waals surface area contributed by atoms with Gasteiger partial charge >= 0.3 is 0 Å². The Morgan fingerprint density at radius 2 is 2.15 bits per heavy atom. The van der Waals surface area contributed by atoms with Crippen LogP contribution in [0.5, 0.6) is 5.75 Å². The third-order valence-electron chi connectivity index (χ3n) is 4.51. The van der Waals surface area contributed by atoms with Crippen LogP contribution >= 0.6 is 11.3 Å². The fourth-order valence-electron chi connectivity index (χ4n) is 3.16. The minimum atomic E-state index is -0.236. The van der Waals surface area contributed by atoms with Crippen LogP contribution in [0.3, 0.4) is 0 Å². The Labute approximate surface area is 155 Å². The molecule has 1 fully saturated rings. The number of imidazole rings is 1. The van der Waals surface area contributed by atoms with E-state index in [1.54, 1.807) is 18.6 Å². The zero-order valence-electron chi connectivity index (χ0n) is 14.7. The van der Waals surface area contributed by atoms with E-state index in [-0.39, 0.29) is 5.91 Å². The predicted molar refractivity (Wildman–Crippen MR) is 99.3 cm³/mol. The highest BCUT2D eigenvalue weighted by Gasteiger charge is 2.20. The molecule has 8 heteroatoms. The van der Waals surface area contributed by atoms with E-state index in [2.05, 4.69) is 10.3 Å². The average Bonchev–Trinajstić information content (AvgIpc) is 3.28. The fraction of sp³-hybridized carbons (Fsp3) is 0.389. The number of carbonyl (C=O) groups excluding carboxylic acids is 1. The number of nitrogens with one attached hydrogen (secondary N) is 1. The molecule has 0 unspecified atom stereocenters. The molecule has 7 nitrogen and oxygen atoms in total. The van der Waals surface area contributed by atoms with Crippen LogP contribution < -0.4 is 10.1 Å². The summed E-state index contributed by atoms with van der Waals surface area (Å²) in [5.41, 5.74) is 2.84. The van der Waals surface area contributed by atoms with Crippen LogP contribution in [-0.4, -0.2) is 40.6 Å². The number of hydrogen-bond acceptors (Lipinski definition) is 6. The Kier molecular flexibility index (Phi) is 4.60. The molecule has 3 aromatic rings. The lowest BCUT2D eigenvalue weighted by Gasteiger charge is -2.19. The van der Waals surface area contributed by atoms with Crippen molar-refractivity contribution in [1.29, 1.82) is 0 Å². The van der Waals surface area contributed by atoms with Gasteiger partial charge in [-0.2, -0.15) is 0 Å². The Balaban J connectivity index is 1.64. The maximum Gasteiger partial charge on any atom is 0.275 e. The van der Waals surface area contributed by atoms with Gasteiger partial charge in [-0.1, -0.05) is 0 Å². The molecule has 0 atom stereocenters. The summed E-state index contributed by atoms with van der Waals surface area (Å²) in [6.45, 7) is 3.41. The molecule has 0 spiro atoms. The molecule has 3 aromatic heterocycles. The van der Waals surface area contributed by atoms with E-state index in [4.69, 9.17) is 14.5 Å². The monoisotopic (exact) mass is 372 g/mol. The number of anilines is 1. The minimum Gasteiger partial charge on any atom is -0.493 e. The van der Waals surface area contributed by atoms with E-state index in [9.17, 15) is 4.79 Å². The molecular weight excluding hydrogens is 352 g/mol. The van der Waals surface area contributed by atoms with Gasteiger partial charge in [0, 0.05) is 43.0 Å². The second-order valence-corrected chi connectivity index (χ2v) is 7.35. The smallest absolute Gasteiger partial charge is 0.275 e. The molecule has 0 saturated carbocycles. The van der Waals surface area contributed by atoms with E-state index in [1.165, 1.54) is 11.3 Å². The molecule has 1 amide bonds. The molecule has 1 aliphatic heterocycles. The lowest BCUT2D eigenvalue weighted by atomic mass is 9.97. The summed E-state index contributed by atoms with van der Waals surface area (Å²) < 4.78 is 12.8. The van der Waals surface area contributed by atoms with Crippen LogP contribution in [0.25, 0.3) is 5.65 Å². The normalized spacial score (nSPS) is 15.3. The maximum absolute atomic E-state index is 12.4. The summed E-state index contributed by atoms with van der Waals surface area (Å²) in [6.07, 6.45) is 5.80. The zero-order valence-corrected chi connectivity index (χ0v) is 15.5. The number of fused-ring (bicyclic) bond motifs is 1. The number of methoxy groups -OCH3 is 1. The van der Waals surface area contributed by atoms with Crippen molar-refractivity contribution in [2.75, 3.05) is 25.6 Å². The molecule has 0 aromatic carbocycles. The number of carbonyl (C=O) groups is 1. The summed E-state index contributed by atoms with van der Waals surface area (Å²) in [5, 5.41) is 5.49. The van der Waals surface area contributed by atoms with Gasteiger partial charge in [0.05, 0.1) is 23.5 Å². The quantitative estimate of drug-likeness (QED) is 0.761. The number of amides is 1. The van der Waals surface area contributed by atoms with Crippen LogP contribution in [-0.2, 0) is 4.74 Å². The van der Waals surface area contributed by atoms with Gasteiger partial charge in [-0.05, 0) is 19.8 Å². The SMILES string of the molecule is COc1cc(NC(=O)c2csc(C)n2)cn2cc(C3CCOCC3)nc12. The maximum atomic E-state index is 12.4. The number of ether oxygens (including phenoxy) is 2. The lowest BCUT2D eigenvalue weighted by molar-refractivity contribution is 0.0846. The molecule has 26 heavy (non-hydrogen) atoms. The van der Waals surface area contributed by atoms with Gasteiger partial charge in [0.2, 0.25) is 0 Å². The second kappa shape index (κ2) is 7.05. The van der Waals surface area contributed by atoms with E-state index in [1.807, 2.05) is 23.7 Å². The van der Waals surface area contributed by atoms with E-state index < -0.39 is 0 Å². The number of pyridine rings is 1. The van der Waals surface area contributed by atoms with Crippen molar-refractivity contribution in [2.24, 2.45) is 0 Å². The van der Waals surface area contributed by atoms with Gasteiger partial charge in [0.1, 0.15) is 5.69 Å². The first kappa shape index (κ1) is 17.0. The Morgan fingerprint density at radius 1 is 1.35 bits per heavy atom. The van der Waals surface area contributed by atoms with Crippen LogP contribution in [0.15, 0.2) is 23.8 Å². The van der Waals surface area contributed by atoms with Crippen LogP contribution in [0.4, 0.5) is 5.69 Å². The first-order chi connectivity index (χ1) is 12.6. The van der Waals surface area contributed by atoms with Gasteiger partial charge in [0.15, 0.2) is 11.4 Å². The first-order valence-corrected chi connectivity index (χ1v) is 9.40. The lowest BCUT2D eigenvalue weighted by Crippen LogP contribution is -2.14. The highest BCUT2D eigenvalue weighted by Crippen LogP contribution is 2.30. The van der Waals surface area contributed by atoms with Crippen molar-refractivity contribution in [1.82, 2.24) is 14.4 Å². The Hall–Kier alpha value is -2.45. The summed E-state index contributed by atoms with van der Waals surface area (Å²) in [7, 11) is 1.60. The predicted octanol–water partition coefficient (Wildman–Crippen LogP) is 3.25. The number of thiazole rings is 1. The van der Waals surface area contributed by atoms with Crippen molar-refractivity contribution in [3.63, 3.8) is 0 Å². The number of nitrogens with zero attached hydrogens (tertiary/aromatic N) is 3. The molecule has 1 saturated heterocycles. The molecule has 136 valence electrons. The Morgan fingerprint density at radius 3 is 2.85 bits per heavy atom. The standard InChI is InChI=1S/C18H20N4O3S/c1-11-19-15(10-26-11)18(23)20-13-7-16(24-2)17-21-14(9-22(17)8-13)12-3-5-25-6-4-12/h7-10,12H,3-6H2,1-2H3,(H,20,23). The average molecular weight is 372 g/mol. The first-order valence-electron chi connectivity index (χ1n) is 8.52. The van der Waals surface area contributed by atoms with Crippen molar-refractivity contribution >= 4 is 28.6 Å². The van der Waals surface area contributed by atoms with Crippen LogP contribution in [0.1, 0.15) is 39.9 Å². The van der Waals surface area contributed by atoms with Gasteiger partial charge in [-0.25, -0.2) is 9.97 Å². The summed E-state index contributed by atoms with van der Waals surface area (Å²) in [6, 6.07) is 1.78. The number of rotatable bonds is 4. The largest absolute Gasteiger partial charge is 0.493 e. The molecule has 4 rings (SSSR count). The fourth-order valence-corrected chi connectivity index (χ4v) is 3.75. The molecule has 4 heterocycles.